The van der Waals surface area contributed by atoms with Crippen LogP contribution in [0.5, 0.6) is 0 Å². The second kappa shape index (κ2) is 5.45. The lowest BCUT2D eigenvalue weighted by Gasteiger charge is -2.23. The fourth-order valence-electron chi connectivity index (χ4n) is 2.19. The maximum Gasteiger partial charge on any atom is 0.176 e. The van der Waals surface area contributed by atoms with Crippen LogP contribution in [0.25, 0.3) is 5.76 Å². The number of thiazole rings is 1. The van der Waals surface area contributed by atoms with Gasteiger partial charge in [-0.15, -0.1) is 11.3 Å². The van der Waals surface area contributed by atoms with E-state index in [1.54, 1.807) is 11.3 Å². The molecule has 1 unspecified atom stereocenters. The maximum absolute atomic E-state index is 6.07. The molecule has 1 aliphatic rings. The van der Waals surface area contributed by atoms with E-state index in [2.05, 4.69) is 47.3 Å². The first kappa shape index (κ1) is 12.2. The van der Waals surface area contributed by atoms with Gasteiger partial charge in [-0.25, -0.2) is 0 Å². The number of hydrogen-bond acceptors (Lipinski definition) is 4. The Morgan fingerprint density at radius 2 is 2.16 bits per heavy atom. The number of benzene rings is 1. The molecule has 0 saturated carbocycles. The largest absolute Gasteiger partial charge is 0.467 e. The van der Waals surface area contributed by atoms with Crippen molar-refractivity contribution in [3.05, 3.63) is 53.1 Å². The van der Waals surface area contributed by atoms with Gasteiger partial charge in [-0.2, -0.15) is 0 Å². The van der Waals surface area contributed by atoms with E-state index in [4.69, 9.17) is 4.74 Å². The van der Waals surface area contributed by atoms with Gasteiger partial charge in [-0.05, 0) is 12.1 Å². The second-order valence-corrected chi connectivity index (χ2v) is 5.35. The smallest absolute Gasteiger partial charge is 0.176 e. The van der Waals surface area contributed by atoms with E-state index in [0.717, 1.165) is 23.5 Å². The zero-order valence-corrected chi connectivity index (χ0v) is 11.6. The lowest BCUT2D eigenvalue weighted by molar-refractivity contribution is 0.181. The molecule has 2 aromatic rings. The van der Waals surface area contributed by atoms with Gasteiger partial charge in [0, 0.05) is 18.3 Å². The Hall–Kier alpha value is -1.81. The van der Waals surface area contributed by atoms with Crippen LogP contribution in [0.3, 0.4) is 0 Å². The molecule has 4 heteroatoms. The summed E-state index contributed by atoms with van der Waals surface area (Å²) in [4.78, 5) is 7.40. The zero-order chi connectivity index (χ0) is 13.1. The van der Waals surface area contributed by atoms with Gasteiger partial charge in [0.2, 0.25) is 0 Å². The number of anilines is 1. The maximum atomic E-state index is 6.07. The number of ether oxygens (including phenoxy) is 1. The van der Waals surface area contributed by atoms with Gasteiger partial charge in [-0.1, -0.05) is 31.5 Å². The van der Waals surface area contributed by atoms with Gasteiger partial charge in [0.15, 0.2) is 12.0 Å². The van der Waals surface area contributed by atoms with Crippen LogP contribution in [-0.2, 0) is 4.74 Å². The number of nitrogens with zero attached hydrogens (tertiary/aromatic N) is 2. The highest BCUT2D eigenvalue weighted by molar-refractivity contribution is 7.10. The third-order valence-corrected chi connectivity index (χ3v) is 3.88. The van der Waals surface area contributed by atoms with Crippen LogP contribution in [0.2, 0.25) is 0 Å². The molecule has 1 aromatic heterocycles. The molecule has 98 valence electrons. The van der Waals surface area contributed by atoms with Crippen LogP contribution >= 0.6 is 11.3 Å². The second-order valence-electron chi connectivity index (χ2n) is 4.46. The van der Waals surface area contributed by atoms with Gasteiger partial charge < -0.3 is 9.64 Å². The molecular formula is C15H16N2OS. The van der Waals surface area contributed by atoms with Gasteiger partial charge in [0.05, 0.1) is 16.6 Å². The first-order valence-electron chi connectivity index (χ1n) is 6.49. The van der Waals surface area contributed by atoms with Crippen molar-refractivity contribution < 1.29 is 4.74 Å². The molecule has 0 amide bonds. The van der Waals surface area contributed by atoms with Crippen molar-refractivity contribution in [1.82, 2.24) is 4.98 Å². The summed E-state index contributed by atoms with van der Waals surface area (Å²) < 4.78 is 6.07. The zero-order valence-electron chi connectivity index (χ0n) is 10.8. The molecule has 1 atom stereocenters. The average molecular weight is 272 g/mol. The molecule has 0 spiro atoms. The Labute approximate surface area is 117 Å². The standard InChI is InChI=1S/C15H16N2OS/c1-2-6-15-17(12-7-4-3-5-8-12)10-13(18-15)14-9-16-11-19-14/h3-5,7-11,15H,2,6H2,1H3. The van der Waals surface area contributed by atoms with Gasteiger partial charge in [0.1, 0.15) is 0 Å². The van der Waals surface area contributed by atoms with Crippen molar-refractivity contribution in [3.8, 4) is 0 Å². The topological polar surface area (TPSA) is 25.4 Å². The Balaban J connectivity index is 1.90. The Morgan fingerprint density at radius 1 is 1.32 bits per heavy atom. The highest BCUT2D eigenvalue weighted by Crippen LogP contribution is 2.33. The minimum atomic E-state index is 0.0875. The van der Waals surface area contributed by atoms with Gasteiger partial charge in [0.25, 0.3) is 0 Å². The van der Waals surface area contributed by atoms with E-state index in [9.17, 15) is 0 Å². The summed E-state index contributed by atoms with van der Waals surface area (Å²) in [5.41, 5.74) is 3.00. The third-order valence-electron chi connectivity index (χ3n) is 3.09. The molecule has 2 heterocycles. The van der Waals surface area contributed by atoms with E-state index >= 15 is 0 Å². The van der Waals surface area contributed by atoms with E-state index in [1.165, 1.54) is 5.69 Å². The fourth-order valence-corrected chi connectivity index (χ4v) is 2.76. The summed E-state index contributed by atoms with van der Waals surface area (Å²) in [5, 5.41) is 0. The summed E-state index contributed by atoms with van der Waals surface area (Å²) in [7, 11) is 0. The van der Waals surface area contributed by atoms with Crippen molar-refractivity contribution in [3.63, 3.8) is 0 Å². The molecule has 1 aliphatic heterocycles. The van der Waals surface area contributed by atoms with Crippen LogP contribution in [0.4, 0.5) is 5.69 Å². The molecule has 1 aromatic carbocycles. The summed E-state index contributed by atoms with van der Waals surface area (Å²) in [5.74, 6) is 0.921. The predicted molar refractivity (Wildman–Crippen MR) is 78.8 cm³/mol. The molecular weight excluding hydrogens is 256 g/mol. The number of aromatic nitrogens is 1. The first-order chi connectivity index (χ1) is 9.38. The lowest BCUT2D eigenvalue weighted by atomic mass is 10.2. The molecule has 3 rings (SSSR count). The van der Waals surface area contributed by atoms with Crippen molar-refractivity contribution >= 4 is 22.8 Å². The number of para-hydroxylation sites is 1. The van der Waals surface area contributed by atoms with Crippen LogP contribution in [0, 0.1) is 0 Å². The van der Waals surface area contributed by atoms with Gasteiger partial charge in [-0.3, -0.25) is 4.98 Å². The molecule has 0 saturated heterocycles. The van der Waals surface area contributed by atoms with Crippen LogP contribution in [-0.4, -0.2) is 11.2 Å². The normalized spacial score (nSPS) is 18.3. The summed E-state index contributed by atoms with van der Waals surface area (Å²) in [6.07, 6.45) is 6.13. The van der Waals surface area contributed by atoms with Crippen molar-refractivity contribution in [1.29, 1.82) is 0 Å². The predicted octanol–water partition coefficient (Wildman–Crippen LogP) is 4.10. The summed E-state index contributed by atoms with van der Waals surface area (Å²) >= 11 is 1.61. The SMILES string of the molecule is CCCC1OC(c2cncs2)=CN1c1ccccc1. The number of rotatable bonds is 4. The quantitative estimate of drug-likeness (QED) is 0.837. The minimum Gasteiger partial charge on any atom is -0.467 e. The molecule has 0 fully saturated rings. The molecule has 0 N–H and O–H groups in total. The van der Waals surface area contributed by atoms with Crippen LogP contribution in [0.1, 0.15) is 24.6 Å². The lowest BCUT2D eigenvalue weighted by Crippen LogP contribution is -2.27. The first-order valence-corrected chi connectivity index (χ1v) is 7.37. The Kier molecular flexibility index (Phi) is 3.51. The van der Waals surface area contributed by atoms with Gasteiger partial charge >= 0.3 is 0 Å². The highest BCUT2D eigenvalue weighted by Gasteiger charge is 2.27. The molecule has 0 bridgehead atoms. The third kappa shape index (κ3) is 2.49. The van der Waals surface area contributed by atoms with Crippen molar-refractivity contribution in [2.75, 3.05) is 4.90 Å². The fraction of sp³-hybridized carbons (Fsp3) is 0.267. The van der Waals surface area contributed by atoms with Crippen LogP contribution < -0.4 is 4.90 Å². The van der Waals surface area contributed by atoms with E-state index in [1.807, 2.05) is 17.8 Å². The Bertz CT molecular complexity index is 551. The molecule has 0 radical (unpaired) electrons. The van der Waals surface area contributed by atoms with E-state index in [-0.39, 0.29) is 6.23 Å². The highest BCUT2D eigenvalue weighted by atomic mass is 32.1. The monoisotopic (exact) mass is 272 g/mol. The van der Waals surface area contributed by atoms with Crippen LogP contribution in [0.15, 0.2) is 48.2 Å². The van der Waals surface area contributed by atoms with E-state index < -0.39 is 0 Å². The van der Waals surface area contributed by atoms with E-state index in [0.29, 0.717) is 0 Å². The van der Waals surface area contributed by atoms with Crippen molar-refractivity contribution in [2.45, 2.75) is 26.0 Å². The summed E-state index contributed by atoms with van der Waals surface area (Å²) in [6.45, 7) is 2.18. The van der Waals surface area contributed by atoms with Crippen molar-refractivity contribution in [2.24, 2.45) is 0 Å². The summed E-state index contributed by atoms with van der Waals surface area (Å²) in [6, 6.07) is 10.4. The molecule has 0 aliphatic carbocycles. The molecule has 3 nitrogen and oxygen atoms in total. The Morgan fingerprint density at radius 3 is 2.84 bits per heavy atom. The minimum absolute atomic E-state index is 0.0875. The molecule has 19 heavy (non-hydrogen) atoms. The average Bonchev–Trinajstić information content (AvgIpc) is 3.08. The number of hydrogen-bond donors (Lipinski definition) is 0.